The fourth-order valence-corrected chi connectivity index (χ4v) is 2.48. The molecule has 0 fully saturated rings. The number of thioether (sulfide) groups is 1. The first-order valence-corrected chi connectivity index (χ1v) is 7.50. The van der Waals surface area contributed by atoms with E-state index < -0.39 is 5.60 Å². The first-order chi connectivity index (χ1) is 8.89. The quantitative estimate of drug-likeness (QED) is 0.846. The van der Waals surface area contributed by atoms with Gasteiger partial charge in [0.05, 0.1) is 18.3 Å². The number of benzene rings is 1. The predicted octanol–water partition coefficient (Wildman–Crippen LogP) is 2.19. The lowest BCUT2D eigenvalue weighted by molar-refractivity contribution is 0.0723. The van der Waals surface area contributed by atoms with E-state index in [1.165, 1.54) is 18.9 Å². The maximum Gasteiger partial charge on any atom is 0.255 e. The number of hydrogen-bond acceptors (Lipinski definition) is 4. The molecule has 0 aromatic heterocycles. The molecule has 1 amide bonds. The lowest BCUT2D eigenvalue weighted by Gasteiger charge is -2.22. The number of hydrogen-bond donors (Lipinski definition) is 2. The number of nitrogens with one attached hydrogen (secondary N) is 1. The fourth-order valence-electron chi connectivity index (χ4n) is 1.59. The molecule has 0 aliphatic rings. The molecule has 19 heavy (non-hydrogen) atoms. The highest BCUT2D eigenvalue weighted by Gasteiger charge is 2.22. The molecule has 1 atom stereocenters. The Labute approximate surface area is 122 Å². The minimum atomic E-state index is -0.944. The highest BCUT2D eigenvalue weighted by Crippen LogP contribution is 2.22. The Hall–Kier alpha value is -0.910. The van der Waals surface area contributed by atoms with Crippen molar-refractivity contribution in [2.24, 2.45) is 0 Å². The second kappa shape index (κ2) is 7.03. The van der Waals surface area contributed by atoms with Crippen LogP contribution in [0.2, 0.25) is 5.02 Å². The number of aliphatic hydroxyl groups is 1. The summed E-state index contributed by atoms with van der Waals surface area (Å²) in [6, 6.07) is 4.83. The molecule has 1 unspecified atom stereocenters. The fraction of sp³-hybridized carbons (Fsp3) is 0.462. The average Bonchev–Trinajstić information content (AvgIpc) is 2.36. The van der Waals surface area contributed by atoms with Crippen molar-refractivity contribution in [3.05, 3.63) is 28.8 Å². The number of ether oxygens (including phenoxy) is 1. The van der Waals surface area contributed by atoms with Gasteiger partial charge in [-0.15, -0.1) is 0 Å². The standard InChI is InChI=1S/C13H18ClNO3S/c1-13(17,8-19-3)7-15-12(16)10-6-9(14)4-5-11(10)18-2/h4-6,17H,7-8H2,1-3H3,(H,15,16). The molecule has 2 N–H and O–H groups in total. The SMILES string of the molecule is COc1ccc(Cl)cc1C(=O)NCC(C)(O)CSC. The van der Waals surface area contributed by atoms with Crippen LogP contribution in [0.3, 0.4) is 0 Å². The molecule has 1 rings (SSSR count). The van der Waals surface area contributed by atoms with Crippen LogP contribution in [0, 0.1) is 0 Å². The molecule has 1 aromatic carbocycles. The number of methoxy groups -OCH3 is 1. The van der Waals surface area contributed by atoms with Crippen molar-refractivity contribution in [1.82, 2.24) is 5.32 Å². The van der Waals surface area contributed by atoms with Gasteiger partial charge < -0.3 is 15.2 Å². The van der Waals surface area contributed by atoms with Crippen molar-refractivity contribution in [2.75, 3.05) is 25.7 Å². The molecule has 0 aliphatic carbocycles. The van der Waals surface area contributed by atoms with Gasteiger partial charge in [0.15, 0.2) is 0 Å². The van der Waals surface area contributed by atoms with E-state index in [0.29, 0.717) is 22.1 Å². The third-order valence-electron chi connectivity index (χ3n) is 2.49. The number of rotatable bonds is 6. The zero-order valence-electron chi connectivity index (χ0n) is 11.2. The van der Waals surface area contributed by atoms with E-state index in [4.69, 9.17) is 16.3 Å². The molecular weight excluding hydrogens is 286 g/mol. The van der Waals surface area contributed by atoms with E-state index in [1.807, 2.05) is 6.26 Å². The summed E-state index contributed by atoms with van der Waals surface area (Å²) in [4.78, 5) is 12.1. The summed E-state index contributed by atoms with van der Waals surface area (Å²) >= 11 is 7.39. The van der Waals surface area contributed by atoms with E-state index in [2.05, 4.69) is 5.32 Å². The Bertz CT molecular complexity index is 452. The normalized spacial score (nSPS) is 13.7. The molecule has 6 heteroatoms. The largest absolute Gasteiger partial charge is 0.496 e. The number of carbonyl (C=O) groups is 1. The van der Waals surface area contributed by atoms with Crippen molar-refractivity contribution in [2.45, 2.75) is 12.5 Å². The van der Waals surface area contributed by atoms with E-state index in [1.54, 1.807) is 25.1 Å². The molecular formula is C13H18ClNO3S. The molecule has 0 radical (unpaired) electrons. The molecule has 106 valence electrons. The summed E-state index contributed by atoms with van der Waals surface area (Å²) in [5.41, 5.74) is -0.587. The van der Waals surface area contributed by atoms with Crippen LogP contribution in [0.25, 0.3) is 0 Å². The summed E-state index contributed by atoms with van der Waals surface area (Å²) in [5, 5.41) is 13.1. The Morgan fingerprint density at radius 2 is 2.26 bits per heavy atom. The number of carbonyl (C=O) groups excluding carboxylic acids is 1. The lowest BCUT2D eigenvalue weighted by atomic mass is 10.1. The first kappa shape index (κ1) is 16.1. The van der Waals surface area contributed by atoms with Gasteiger partial charge in [0.1, 0.15) is 5.75 Å². The zero-order valence-corrected chi connectivity index (χ0v) is 12.8. The monoisotopic (exact) mass is 303 g/mol. The zero-order chi connectivity index (χ0) is 14.5. The van der Waals surface area contributed by atoms with Crippen LogP contribution in [-0.4, -0.2) is 42.3 Å². The van der Waals surface area contributed by atoms with Gasteiger partial charge in [-0.3, -0.25) is 4.79 Å². The van der Waals surface area contributed by atoms with Gasteiger partial charge in [0.2, 0.25) is 0 Å². The lowest BCUT2D eigenvalue weighted by Crippen LogP contribution is -2.42. The van der Waals surface area contributed by atoms with Crippen LogP contribution >= 0.6 is 23.4 Å². The van der Waals surface area contributed by atoms with Crippen molar-refractivity contribution >= 4 is 29.3 Å². The average molecular weight is 304 g/mol. The van der Waals surface area contributed by atoms with Gasteiger partial charge >= 0.3 is 0 Å². The van der Waals surface area contributed by atoms with Crippen molar-refractivity contribution < 1.29 is 14.6 Å². The maximum absolute atomic E-state index is 12.1. The summed E-state index contributed by atoms with van der Waals surface area (Å²) < 4.78 is 5.11. The van der Waals surface area contributed by atoms with E-state index >= 15 is 0 Å². The van der Waals surface area contributed by atoms with E-state index in [9.17, 15) is 9.90 Å². The minimum absolute atomic E-state index is 0.169. The van der Waals surface area contributed by atoms with Crippen molar-refractivity contribution in [3.8, 4) is 5.75 Å². The van der Waals surface area contributed by atoms with Crippen molar-refractivity contribution in [1.29, 1.82) is 0 Å². The summed E-state index contributed by atoms with van der Waals surface area (Å²) in [5.74, 6) is 0.673. The molecule has 4 nitrogen and oxygen atoms in total. The molecule has 0 bridgehead atoms. The van der Waals surface area contributed by atoms with Crippen LogP contribution in [-0.2, 0) is 0 Å². The molecule has 0 heterocycles. The number of halogens is 1. The second-order valence-electron chi connectivity index (χ2n) is 4.46. The summed E-state index contributed by atoms with van der Waals surface area (Å²) in [6.07, 6.45) is 1.90. The van der Waals surface area contributed by atoms with Gasteiger partial charge in [-0.25, -0.2) is 0 Å². The van der Waals surface area contributed by atoms with Gasteiger partial charge in [-0.2, -0.15) is 11.8 Å². The molecule has 1 aromatic rings. The van der Waals surface area contributed by atoms with Crippen LogP contribution in [0.4, 0.5) is 0 Å². The van der Waals surface area contributed by atoms with Crippen LogP contribution in [0.15, 0.2) is 18.2 Å². The predicted molar refractivity (Wildman–Crippen MR) is 79.3 cm³/mol. The Morgan fingerprint density at radius 3 is 2.84 bits per heavy atom. The third kappa shape index (κ3) is 4.93. The Morgan fingerprint density at radius 1 is 1.58 bits per heavy atom. The molecule has 0 spiro atoms. The van der Waals surface area contributed by atoms with Gasteiger partial charge in [-0.05, 0) is 31.4 Å². The summed E-state index contributed by atoms with van der Waals surface area (Å²) in [7, 11) is 1.49. The minimum Gasteiger partial charge on any atom is -0.496 e. The van der Waals surface area contributed by atoms with E-state index in [0.717, 1.165) is 0 Å². The smallest absolute Gasteiger partial charge is 0.255 e. The van der Waals surface area contributed by atoms with Crippen LogP contribution in [0.1, 0.15) is 17.3 Å². The first-order valence-electron chi connectivity index (χ1n) is 5.72. The molecule has 0 saturated heterocycles. The van der Waals surface area contributed by atoms with Gasteiger partial charge in [-0.1, -0.05) is 11.6 Å². The third-order valence-corrected chi connectivity index (χ3v) is 3.64. The highest BCUT2D eigenvalue weighted by molar-refractivity contribution is 7.98. The van der Waals surface area contributed by atoms with Crippen LogP contribution < -0.4 is 10.1 Å². The second-order valence-corrected chi connectivity index (χ2v) is 5.76. The van der Waals surface area contributed by atoms with E-state index in [-0.39, 0.29) is 12.5 Å². The maximum atomic E-state index is 12.1. The van der Waals surface area contributed by atoms with Crippen LogP contribution in [0.5, 0.6) is 5.75 Å². The Kier molecular flexibility index (Phi) is 5.97. The topological polar surface area (TPSA) is 58.6 Å². The van der Waals surface area contributed by atoms with Gasteiger partial charge in [0.25, 0.3) is 5.91 Å². The van der Waals surface area contributed by atoms with Crippen molar-refractivity contribution in [3.63, 3.8) is 0 Å². The highest BCUT2D eigenvalue weighted by atomic mass is 35.5. The number of amides is 1. The Balaban J connectivity index is 2.76. The summed E-state index contributed by atoms with van der Waals surface area (Å²) in [6.45, 7) is 1.85. The molecule has 0 aliphatic heterocycles. The van der Waals surface area contributed by atoms with Gasteiger partial charge in [0, 0.05) is 17.3 Å². The molecule has 0 saturated carbocycles.